The average molecular weight is 756 g/mol. The van der Waals surface area contributed by atoms with Gasteiger partial charge in [-0.1, -0.05) is 170 Å². The molecule has 11 aromatic rings. The molecular weight excluding hydrogens is 719 g/mol. The fourth-order valence-electron chi connectivity index (χ4n) is 8.51. The van der Waals surface area contributed by atoms with Gasteiger partial charge < -0.3 is 4.90 Å². The zero-order chi connectivity index (χ0) is 38.4. The van der Waals surface area contributed by atoms with Gasteiger partial charge in [-0.05, 0) is 115 Å². The number of thiophene rings is 1. The van der Waals surface area contributed by atoms with Crippen molar-refractivity contribution < 1.29 is 0 Å². The van der Waals surface area contributed by atoms with Crippen molar-refractivity contribution in [1.82, 2.24) is 0 Å². The third-order valence-electron chi connectivity index (χ3n) is 11.5. The van der Waals surface area contributed by atoms with Crippen LogP contribution >= 0.6 is 11.3 Å². The first-order valence-electron chi connectivity index (χ1n) is 19.8. The Morgan fingerprint density at radius 1 is 0.293 bits per heavy atom. The van der Waals surface area contributed by atoms with E-state index in [1.54, 1.807) is 0 Å². The Morgan fingerprint density at radius 3 is 1.53 bits per heavy atom. The summed E-state index contributed by atoms with van der Waals surface area (Å²) >= 11 is 1.88. The highest BCUT2D eigenvalue weighted by Gasteiger charge is 2.19. The van der Waals surface area contributed by atoms with E-state index in [2.05, 4.69) is 229 Å². The van der Waals surface area contributed by atoms with Crippen LogP contribution in [-0.2, 0) is 0 Å². The Hall–Kier alpha value is -7.26. The predicted molar refractivity (Wildman–Crippen MR) is 251 cm³/mol. The fraction of sp³-hybridized carbons (Fsp3) is 0. The van der Waals surface area contributed by atoms with Crippen molar-refractivity contribution >= 4 is 70.1 Å². The molecule has 0 N–H and O–H groups in total. The molecule has 0 aliphatic heterocycles. The molecule has 2 heteroatoms. The topological polar surface area (TPSA) is 3.24 Å². The molecule has 58 heavy (non-hydrogen) atoms. The highest BCUT2D eigenvalue weighted by molar-refractivity contribution is 7.26. The molecule has 0 spiro atoms. The summed E-state index contributed by atoms with van der Waals surface area (Å²) < 4.78 is 2.65. The lowest BCUT2D eigenvalue weighted by molar-refractivity contribution is 1.28. The number of benzene rings is 10. The van der Waals surface area contributed by atoms with Crippen LogP contribution in [0.2, 0.25) is 0 Å². The molecule has 11 rings (SSSR count). The maximum atomic E-state index is 2.41. The number of para-hydroxylation sites is 1. The number of hydrogen-bond donors (Lipinski definition) is 0. The zero-order valence-corrected chi connectivity index (χ0v) is 32.5. The van der Waals surface area contributed by atoms with Gasteiger partial charge >= 0.3 is 0 Å². The van der Waals surface area contributed by atoms with Crippen LogP contribution in [0.4, 0.5) is 17.1 Å². The summed E-state index contributed by atoms with van der Waals surface area (Å²) in [6, 6.07) is 82.0. The highest BCUT2D eigenvalue weighted by atomic mass is 32.1. The van der Waals surface area contributed by atoms with Crippen molar-refractivity contribution in [2.45, 2.75) is 0 Å². The summed E-state index contributed by atoms with van der Waals surface area (Å²) in [6.45, 7) is 0. The van der Waals surface area contributed by atoms with Crippen LogP contribution in [0.1, 0.15) is 0 Å². The highest BCUT2D eigenvalue weighted by Crippen LogP contribution is 2.44. The lowest BCUT2D eigenvalue weighted by Gasteiger charge is -2.28. The van der Waals surface area contributed by atoms with Crippen LogP contribution in [0.5, 0.6) is 0 Å². The second-order valence-electron chi connectivity index (χ2n) is 14.9. The van der Waals surface area contributed by atoms with Gasteiger partial charge in [0.1, 0.15) is 0 Å². The smallest absolute Gasteiger partial charge is 0.0540 e. The minimum atomic E-state index is 1.10. The summed E-state index contributed by atoms with van der Waals surface area (Å²) in [6.07, 6.45) is 0. The van der Waals surface area contributed by atoms with E-state index in [4.69, 9.17) is 0 Å². The quantitative estimate of drug-likeness (QED) is 0.157. The third kappa shape index (κ3) is 6.12. The molecule has 10 aromatic carbocycles. The molecule has 0 aliphatic rings. The standard InChI is InChI=1S/C56H37NS/c1-3-13-42-36-46(25-23-38(42)11-1)45-16-9-15-44(35-45)40-27-31-48(32-28-40)57(54-21-7-5-17-50(54)47-26-24-39-12-2-4-14-43(39)37-47)49-33-29-41(30-34-49)51-19-10-20-53-52-18-6-8-22-55(52)58-56(51)53/h1-37H. The molecule has 0 fully saturated rings. The van der Waals surface area contributed by atoms with Crippen molar-refractivity contribution in [1.29, 1.82) is 0 Å². The number of nitrogens with zero attached hydrogens (tertiary/aromatic N) is 1. The van der Waals surface area contributed by atoms with E-state index < -0.39 is 0 Å². The van der Waals surface area contributed by atoms with Crippen LogP contribution in [0.25, 0.3) is 86.2 Å². The van der Waals surface area contributed by atoms with Gasteiger partial charge in [0, 0.05) is 37.1 Å². The summed E-state index contributed by atoms with van der Waals surface area (Å²) in [5.41, 5.74) is 13.0. The molecule has 1 heterocycles. The van der Waals surface area contributed by atoms with Gasteiger partial charge in [0.05, 0.1) is 5.69 Å². The first-order valence-corrected chi connectivity index (χ1v) is 20.6. The third-order valence-corrected chi connectivity index (χ3v) is 12.7. The van der Waals surface area contributed by atoms with Crippen LogP contribution < -0.4 is 4.90 Å². The van der Waals surface area contributed by atoms with Gasteiger partial charge in [-0.15, -0.1) is 11.3 Å². The summed E-state index contributed by atoms with van der Waals surface area (Å²) in [4.78, 5) is 2.41. The van der Waals surface area contributed by atoms with E-state index in [-0.39, 0.29) is 0 Å². The van der Waals surface area contributed by atoms with Gasteiger partial charge in [-0.3, -0.25) is 0 Å². The molecule has 0 radical (unpaired) electrons. The van der Waals surface area contributed by atoms with Crippen molar-refractivity contribution in [3.05, 3.63) is 224 Å². The van der Waals surface area contributed by atoms with Crippen LogP contribution in [0, 0.1) is 0 Å². The fourth-order valence-corrected chi connectivity index (χ4v) is 9.75. The summed E-state index contributed by atoms with van der Waals surface area (Å²) in [7, 11) is 0. The Balaban J connectivity index is 1.01. The van der Waals surface area contributed by atoms with E-state index >= 15 is 0 Å². The Kier molecular flexibility index (Phi) is 8.42. The Labute approximate surface area is 342 Å². The van der Waals surface area contributed by atoms with Crippen molar-refractivity contribution in [2.75, 3.05) is 4.90 Å². The second-order valence-corrected chi connectivity index (χ2v) is 16.0. The van der Waals surface area contributed by atoms with E-state index in [9.17, 15) is 0 Å². The zero-order valence-electron chi connectivity index (χ0n) is 31.7. The Bertz CT molecular complexity index is 3280. The van der Waals surface area contributed by atoms with Crippen molar-refractivity contribution in [3.8, 4) is 44.5 Å². The number of rotatable bonds is 7. The monoisotopic (exact) mass is 755 g/mol. The largest absolute Gasteiger partial charge is 0.310 e. The van der Waals surface area contributed by atoms with Gasteiger partial charge in [-0.2, -0.15) is 0 Å². The molecule has 0 saturated carbocycles. The van der Waals surface area contributed by atoms with E-state index in [1.165, 1.54) is 86.2 Å². The van der Waals surface area contributed by atoms with Crippen molar-refractivity contribution in [3.63, 3.8) is 0 Å². The van der Waals surface area contributed by atoms with Crippen molar-refractivity contribution in [2.24, 2.45) is 0 Å². The van der Waals surface area contributed by atoms with Crippen LogP contribution in [0.15, 0.2) is 224 Å². The number of hydrogen-bond acceptors (Lipinski definition) is 2. The molecule has 0 saturated heterocycles. The van der Waals surface area contributed by atoms with Gasteiger partial charge in [0.2, 0.25) is 0 Å². The number of anilines is 3. The molecule has 0 bridgehead atoms. The van der Waals surface area contributed by atoms with Crippen LogP contribution in [-0.4, -0.2) is 0 Å². The minimum Gasteiger partial charge on any atom is -0.310 e. The molecule has 0 atom stereocenters. The molecular formula is C56H37NS. The SMILES string of the molecule is c1cc(-c2ccc(N(c3ccc(-c4cccc5c4sc4ccccc45)cc3)c3ccccc3-c3ccc4ccccc4c3)cc2)cc(-c2ccc3ccccc3c2)c1. The lowest BCUT2D eigenvalue weighted by Crippen LogP contribution is -2.11. The lowest BCUT2D eigenvalue weighted by atomic mass is 9.96. The van der Waals surface area contributed by atoms with Gasteiger partial charge in [-0.25, -0.2) is 0 Å². The predicted octanol–water partition coefficient (Wildman–Crippen LogP) is 16.5. The van der Waals surface area contributed by atoms with E-state index in [0.717, 1.165) is 17.1 Å². The van der Waals surface area contributed by atoms with Gasteiger partial charge in [0.15, 0.2) is 0 Å². The molecule has 272 valence electrons. The molecule has 1 nitrogen and oxygen atoms in total. The second kappa shape index (κ2) is 14.4. The maximum Gasteiger partial charge on any atom is 0.0540 e. The van der Waals surface area contributed by atoms with E-state index in [0.29, 0.717) is 0 Å². The summed E-state index contributed by atoms with van der Waals surface area (Å²) in [5, 5.41) is 7.62. The first kappa shape index (κ1) is 34.0. The van der Waals surface area contributed by atoms with Crippen LogP contribution in [0.3, 0.4) is 0 Å². The number of fused-ring (bicyclic) bond motifs is 5. The maximum absolute atomic E-state index is 2.41. The molecule has 0 amide bonds. The van der Waals surface area contributed by atoms with Gasteiger partial charge in [0.25, 0.3) is 0 Å². The minimum absolute atomic E-state index is 1.10. The van der Waals surface area contributed by atoms with E-state index in [1.807, 2.05) is 11.3 Å². The molecule has 0 unspecified atom stereocenters. The Morgan fingerprint density at radius 2 is 0.793 bits per heavy atom. The molecule has 1 aromatic heterocycles. The summed E-state index contributed by atoms with van der Waals surface area (Å²) in [5.74, 6) is 0. The first-order chi connectivity index (χ1) is 28.7. The normalized spacial score (nSPS) is 11.4. The average Bonchev–Trinajstić information content (AvgIpc) is 3.69. The molecule has 0 aliphatic carbocycles.